The summed E-state index contributed by atoms with van der Waals surface area (Å²) in [6.07, 6.45) is -3.85. The summed E-state index contributed by atoms with van der Waals surface area (Å²) in [5.41, 5.74) is 8.01. The number of fused-ring (bicyclic) bond motifs is 2. The first-order valence-corrected chi connectivity index (χ1v) is 15.7. The molecule has 2 aliphatic heterocycles. The number of H-pyrrole nitrogens is 1. The molecule has 4 aromatic rings. The van der Waals surface area contributed by atoms with Crippen molar-refractivity contribution in [3.05, 3.63) is 16.7 Å². The van der Waals surface area contributed by atoms with E-state index in [1.807, 2.05) is 0 Å². The van der Waals surface area contributed by atoms with E-state index in [1.54, 1.807) is 0 Å². The topological polar surface area (TPSA) is 290 Å². The Morgan fingerprint density at radius 2 is 1.95 bits per heavy atom. The number of anilines is 2. The molecule has 6 heterocycles. The van der Waals surface area contributed by atoms with Crippen LogP contribution in [0.25, 0.3) is 22.3 Å². The van der Waals surface area contributed by atoms with Crippen molar-refractivity contribution in [2.75, 3.05) is 37.0 Å². The highest BCUT2D eigenvalue weighted by molar-refractivity contribution is 8.44. The van der Waals surface area contributed by atoms with Gasteiger partial charge in [-0.15, -0.1) is 22.0 Å². The second-order valence-electron chi connectivity index (χ2n) is 9.35. The number of aliphatic hydroxyl groups excluding tert-OH is 3. The first-order valence-electron chi connectivity index (χ1n) is 11.9. The highest BCUT2D eigenvalue weighted by atomic mass is 32.7. The zero-order valence-corrected chi connectivity index (χ0v) is 23.6. The van der Waals surface area contributed by atoms with E-state index in [-0.39, 0.29) is 39.8 Å². The highest BCUT2D eigenvalue weighted by Crippen LogP contribution is 2.60. The lowest BCUT2D eigenvalue weighted by Gasteiger charge is -2.34. The van der Waals surface area contributed by atoms with E-state index in [0.717, 1.165) is 22.8 Å². The molecule has 24 heteroatoms. The average molecular weight is 649 g/mol. The van der Waals surface area contributed by atoms with Gasteiger partial charge in [-0.3, -0.25) is 18.8 Å². The molecule has 0 aromatic carbocycles. The van der Waals surface area contributed by atoms with E-state index in [4.69, 9.17) is 25.3 Å². The van der Waals surface area contributed by atoms with Crippen LogP contribution in [0.3, 0.4) is 0 Å². The van der Waals surface area contributed by atoms with Crippen LogP contribution < -0.4 is 17.0 Å². The Hall–Kier alpha value is -3.02. The molecule has 2 saturated heterocycles. The number of aliphatic hydroxyl groups is 3. The number of nitrogen functional groups attached to an aromatic ring is 2. The molecule has 0 bridgehead atoms. The molecule has 7 atom stereocenters. The van der Waals surface area contributed by atoms with Crippen LogP contribution in [0, 0.1) is 0 Å². The van der Waals surface area contributed by atoms with E-state index in [1.165, 1.54) is 0 Å². The monoisotopic (exact) mass is 648 g/mol. The number of alkyl halides is 1. The molecule has 226 valence electrons. The smallest absolute Gasteiger partial charge is 0.388 e. The fourth-order valence-corrected chi connectivity index (χ4v) is 7.72. The minimum absolute atomic E-state index is 0.00743. The lowest BCUT2D eigenvalue weighted by atomic mass is 10.1. The molecule has 42 heavy (non-hydrogen) atoms. The Morgan fingerprint density at radius 1 is 1.21 bits per heavy atom. The largest absolute Gasteiger partial charge is 0.395 e. The van der Waals surface area contributed by atoms with Crippen LogP contribution in [0.5, 0.6) is 0 Å². The summed E-state index contributed by atoms with van der Waals surface area (Å²) in [6, 6.07) is 0. The molecule has 4 aromatic heterocycles. The fraction of sp³-hybridized carbons (Fsp3) is 0.556. The Balaban J connectivity index is 1.25. The van der Waals surface area contributed by atoms with Crippen molar-refractivity contribution in [2.45, 2.75) is 35.1 Å². The van der Waals surface area contributed by atoms with E-state index in [0.29, 0.717) is 4.68 Å². The summed E-state index contributed by atoms with van der Waals surface area (Å²) in [7, 11) is 0. The number of nitrogens with one attached hydrogen (secondary N) is 1. The van der Waals surface area contributed by atoms with Crippen LogP contribution in [-0.4, -0.2) is 114 Å². The number of aromatic amines is 1. The van der Waals surface area contributed by atoms with E-state index in [2.05, 4.69) is 52.8 Å². The van der Waals surface area contributed by atoms with Crippen molar-refractivity contribution in [1.82, 2.24) is 49.9 Å². The van der Waals surface area contributed by atoms with Gasteiger partial charge in [0.25, 0.3) is 11.4 Å². The summed E-state index contributed by atoms with van der Waals surface area (Å²) < 4.78 is 47.6. The normalized spacial score (nSPS) is 31.3. The summed E-state index contributed by atoms with van der Waals surface area (Å²) in [5.74, 6) is -3.20. The number of hydrogen-bond acceptors (Lipinski definition) is 18. The maximum Gasteiger partial charge on any atom is 0.388 e. The number of thiol groups is 1. The standard InChI is InChI=1S/C18H22FN12O8PS2/c19-17(30-13-8(26-28-30)12(20)22-5-23-13)3-37-6(10(17)33)2-38-40(36,41)39-18(4-42-7(1-32)11(18)34)31-14-9(27-29-31)15(35)25-16(21)24-14/h5-7,10-11,32-34H,1-4H2,(H,36,41)(H2,20,22,23)(H3,21,24,25,35)/t6-,7-,10-,11-,17?,18+,40?/m1/s1. The first-order chi connectivity index (χ1) is 19.9. The van der Waals surface area contributed by atoms with E-state index in [9.17, 15) is 24.7 Å². The molecule has 20 nitrogen and oxygen atoms in total. The lowest BCUT2D eigenvalue weighted by molar-refractivity contribution is -0.104. The van der Waals surface area contributed by atoms with Gasteiger partial charge in [0.05, 0.1) is 18.5 Å². The van der Waals surface area contributed by atoms with Gasteiger partial charge in [0, 0.05) is 5.75 Å². The molecule has 0 amide bonds. The second kappa shape index (κ2) is 10.3. The van der Waals surface area contributed by atoms with Gasteiger partial charge in [0.15, 0.2) is 28.1 Å². The molecule has 0 aliphatic carbocycles. The zero-order valence-electron chi connectivity index (χ0n) is 21.0. The van der Waals surface area contributed by atoms with Crippen LogP contribution in [0.4, 0.5) is 16.2 Å². The zero-order chi connectivity index (χ0) is 30.0. The Kier molecular flexibility index (Phi) is 7.14. The quantitative estimate of drug-likeness (QED) is 0.0766. The van der Waals surface area contributed by atoms with Crippen molar-refractivity contribution in [3.8, 4) is 0 Å². The number of ether oxygens (including phenoxy) is 1. The predicted octanol–water partition coefficient (Wildman–Crippen LogP) is -2.51. The molecular formula is C18H22FN12O8PS2. The fourth-order valence-electron chi connectivity index (χ4n) is 4.67. The highest BCUT2D eigenvalue weighted by Gasteiger charge is 2.57. The number of rotatable bonds is 8. The van der Waals surface area contributed by atoms with Gasteiger partial charge in [0.1, 0.15) is 31.2 Å². The summed E-state index contributed by atoms with van der Waals surface area (Å²) in [6.45, 7) is -6.46. The predicted molar refractivity (Wildman–Crippen MR) is 144 cm³/mol. The Morgan fingerprint density at radius 3 is 2.69 bits per heavy atom. The van der Waals surface area contributed by atoms with Gasteiger partial charge < -0.3 is 31.5 Å². The number of aromatic nitrogens is 10. The maximum atomic E-state index is 16.0. The van der Waals surface area contributed by atoms with Gasteiger partial charge in [-0.1, -0.05) is 22.7 Å². The van der Waals surface area contributed by atoms with Crippen LogP contribution >= 0.6 is 30.8 Å². The number of thioether (sulfide) groups is 1. The number of nitrogens with zero attached hydrogens (tertiary/aromatic N) is 9. The molecule has 8 N–H and O–H groups in total. The van der Waals surface area contributed by atoms with Crippen LogP contribution in [0.1, 0.15) is 0 Å². The van der Waals surface area contributed by atoms with Crippen LogP contribution in [0.2, 0.25) is 0 Å². The summed E-state index contributed by atoms with van der Waals surface area (Å²) >= 11 is 5.05. The third-order valence-corrected chi connectivity index (χ3v) is 9.81. The van der Waals surface area contributed by atoms with Gasteiger partial charge in [0.2, 0.25) is 11.7 Å². The van der Waals surface area contributed by atoms with Gasteiger partial charge >= 0.3 is 6.80 Å². The van der Waals surface area contributed by atoms with Gasteiger partial charge in [-0.2, -0.15) is 14.3 Å². The third-order valence-electron chi connectivity index (χ3n) is 6.79. The molecule has 2 unspecified atom stereocenters. The van der Waals surface area contributed by atoms with Crippen LogP contribution in [-0.2, 0) is 29.9 Å². The summed E-state index contributed by atoms with van der Waals surface area (Å²) in [5, 5.41) is 45.9. The van der Waals surface area contributed by atoms with Gasteiger partial charge in [-0.25, -0.2) is 18.9 Å². The van der Waals surface area contributed by atoms with Crippen LogP contribution in [0.15, 0.2) is 11.1 Å². The number of hydrogen-bond donors (Lipinski definition) is 7. The SMILES string of the molecule is Nc1nc2c(nnn2[C@]2(OP(=O)(S)OC[C@H]3OCC(F)(n4nnc5c(N)ncnc54)[C@@H]3O)CS[C@H](CO)[C@H]2O)c(=O)[nH]1. The lowest BCUT2D eigenvalue weighted by Crippen LogP contribution is -2.49. The molecule has 6 rings (SSSR count). The van der Waals surface area contributed by atoms with Crippen molar-refractivity contribution in [1.29, 1.82) is 0 Å². The average Bonchev–Trinajstić information content (AvgIpc) is 3.70. The second-order valence-corrected chi connectivity index (χ2v) is 13.4. The molecule has 0 saturated carbocycles. The van der Waals surface area contributed by atoms with Gasteiger partial charge in [-0.05, 0) is 0 Å². The van der Waals surface area contributed by atoms with E-state index < -0.39 is 67.3 Å². The molecular weight excluding hydrogens is 626 g/mol. The summed E-state index contributed by atoms with van der Waals surface area (Å²) in [4.78, 5) is 26.2. The molecule has 2 fully saturated rings. The third kappa shape index (κ3) is 4.51. The number of nitrogens with two attached hydrogens (primary N) is 2. The van der Waals surface area contributed by atoms with Crippen molar-refractivity contribution in [2.24, 2.45) is 0 Å². The minimum Gasteiger partial charge on any atom is -0.395 e. The molecule has 0 radical (unpaired) electrons. The van der Waals surface area contributed by atoms with E-state index >= 15 is 4.39 Å². The minimum atomic E-state index is -4.53. The first kappa shape index (κ1) is 29.1. The van der Waals surface area contributed by atoms with Crippen molar-refractivity contribution >= 4 is 64.9 Å². The number of halogens is 1. The Bertz CT molecular complexity index is 1780. The van der Waals surface area contributed by atoms with Crippen molar-refractivity contribution < 1.29 is 38.1 Å². The maximum absolute atomic E-state index is 16.0. The van der Waals surface area contributed by atoms with Crippen molar-refractivity contribution in [3.63, 3.8) is 0 Å². The molecule has 0 spiro atoms. The Labute approximate surface area is 241 Å². The molecule has 2 aliphatic rings.